The van der Waals surface area contributed by atoms with Gasteiger partial charge in [0.25, 0.3) is 0 Å². The monoisotopic (exact) mass is 333 g/mol. The molecule has 1 aromatic carbocycles. The number of carbonyl (C=O) groups excluding carboxylic acids is 2. The highest BCUT2D eigenvalue weighted by molar-refractivity contribution is 5.77. The number of unbranched alkanes of at least 4 members (excludes halogenated alkanes) is 3. The molecule has 0 atom stereocenters. The number of esters is 1. The highest BCUT2D eigenvalue weighted by Gasteiger charge is 2.15. The minimum Gasteiger partial charge on any atom is -0.469 e. The van der Waals surface area contributed by atoms with Gasteiger partial charge in [0, 0.05) is 19.5 Å². The summed E-state index contributed by atoms with van der Waals surface area (Å²) in [5, 5.41) is 0. The predicted molar refractivity (Wildman–Crippen MR) is 96.9 cm³/mol. The van der Waals surface area contributed by atoms with Crippen molar-refractivity contribution in [3.05, 3.63) is 35.4 Å². The molecule has 0 N–H and O–H groups in total. The predicted octanol–water partition coefficient (Wildman–Crippen LogP) is 3.90. The largest absolute Gasteiger partial charge is 0.469 e. The summed E-state index contributed by atoms with van der Waals surface area (Å²) in [6.45, 7) is 5.40. The zero-order chi connectivity index (χ0) is 17.8. The van der Waals surface area contributed by atoms with E-state index in [1.807, 2.05) is 4.90 Å². The molecule has 0 aromatic heterocycles. The van der Waals surface area contributed by atoms with Gasteiger partial charge in [0.1, 0.15) is 0 Å². The van der Waals surface area contributed by atoms with Gasteiger partial charge in [0.2, 0.25) is 5.91 Å². The lowest BCUT2D eigenvalue weighted by molar-refractivity contribution is -0.141. The Morgan fingerprint density at radius 2 is 1.71 bits per heavy atom. The normalized spacial score (nSPS) is 10.5. The van der Waals surface area contributed by atoms with Crippen LogP contribution in [0.3, 0.4) is 0 Å². The molecule has 0 saturated heterocycles. The van der Waals surface area contributed by atoms with Gasteiger partial charge in [-0.1, -0.05) is 56.0 Å². The Morgan fingerprint density at radius 3 is 2.33 bits per heavy atom. The Bertz CT molecular complexity index is 496. The van der Waals surface area contributed by atoms with Crippen molar-refractivity contribution in [3.8, 4) is 0 Å². The second kappa shape index (κ2) is 11.7. The third-order valence-corrected chi connectivity index (χ3v) is 4.20. The lowest BCUT2D eigenvalue weighted by Gasteiger charge is -2.22. The fourth-order valence-corrected chi connectivity index (χ4v) is 2.58. The first kappa shape index (κ1) is 20.2. The van der Waals surface area contributed by atoms with Crippen LogP contribution in [0.1, 0.15) is 56.6 Å². The summed E-state index contributed by atoms with van der Waals surface area (Å²) in [4.78, 5) is 25.7. The third-order valence-electron chi connectivity index (χ3n) is 4.20. The minimum atomic E-state index is -0.264. The summed E-state index contributed by atoms with van der Waals surface area (Å²) < 4.78 is 4.69. The topological polar surface area (TPSA) is 46.6 Å². The van der Waals surface area contributed by atoms with Gasteiger partial charge < -0.3 is 9.64 Å². The first-order valence-electron chi connectivity index (χ1n) is 8.97. The fraction of sp³-hybridized carbons (Fsp3) is 0.600. The summed E-state index contributed by atoms with van der Waals surface area (Å²) in [6, 6.07) is 8.28. The molecule has 4 nitrogen and oxygen atoms in total. The van der Waals surface area contributed by atoms with Crippen molar-refractivity contribution >= 4 is 11.9 Å². The van der Waals surface area contributed by atoms with E-state index in [1.54, 1.807) is 0 Å². The average molecular weight is 333 g/mol. The van der Waals surface area contributed by atoms with Crippen LogP contribution in [0.15, 0.2) is 24.3 Å². The molecular weight excluding hydrogens is 302 g/mol. The molecule has 0 bridgehead atoms. The molecule has 0 aliphatic rings. The molecule has 0 saturated carbocycles. The number of rotatable bonds is 11. The van der Waals surface area contributed by atoms with Gasteiger partial charge in [-0.2, -0.15) is 0 Å². The van der Waals surface area contributed by atoms with Crippen molar-refractivity contribution in [2.75, 3.05) is 20.2 Å². The molecule has 0 heterocycles. The Labute approximate surface area is 146 Å². The second-order valence-corrected chi connectivity index (χ2v) is 6.25. The summed E-state index contributed by atoms with van der Waals surface area (Å²) in [6.07, 6.45) is 5.95. The lowest BCUT2D eigenvalue weighted by atomic mass is 10.1. The van der Waals surface area contributed by atoms with Crippen LogP contribution in [0.5, 0.6) is 0 Å². The van der Waals surface area contributed by atoms with Crippen LogP contribution in [-0.4, -0.2) is 37.0 Å². The van der Waals surface area contributed by atoms with E-state index >= 15 is 0 Å². The number of ether oxygens (including phenoxy) is 1. The Morgan fingerprint density at radius 1 is 1.00 bits per heavy atom. The molecule has 1 aromatic rings. The van der Waals surface area contributed by atoms with Crippen molar-refractivity contribution < 1.29 is 14.3 Å². The van der Waals surface area contributed by atoms with Gasteiger partial charge in [-0.3, -0.25) is 9.59 Å². The molecule has 0 radical (unpaired) electrons. The van der Waals surface area contributed by atoms with Crippen molar-refractivity contribution in [1.82, 2.24) is 4.90 Å². The van der Waals surface area contributed by atoms with Crippen LogP contribution in [0.2, 0.25) is 0 Å². The Hall–Kier alpha value is -1.84. The van der Waals surface area contributed by atoms with Crippen LogP contribution in [0.25, 0.3) is 0 Å². The highest BCUT2D eigenvalue weighted by atomic mass is 16.5. The standard InChI is InChI=1S/C20H31NO3/c1-4-5-6-7-15-21(16-14-20(23)24-3)19(22)13-12-18-10-8-17(2)9-11-18/h8-11H,4-7,12-16H2,1-3H3. The van der Waals surface area contributed by atoms with Gasteiger partial charge in [-0.25, -0.2) is 0 Å². The zero-order valence-electron chi connectivity index (χ0n) is 15.3. The summed E-state index contributed by atoms with van der Waals surface area (Å²) in [5.41, 5.74) is 2.40. The molecule has 0 fully saturated rings. The molecule has 0 spiro atoms. The van der Waals surface area contributed by atoms with Crippen molar-refractivity contribution in [2.45, 2.75) is 58.8 Å². The fourth-order valence-electron chi connectivity index (χ4n) is 2.58. The van der Waals surface area contributed by atoms with Crippen LogP contribution in [0.4, 0.5) is 0 Å². The molecule has 4 heteroatoms. The molecular formula is C20H31NO3. The number of benzene rings is 1. The van der Waals surface area contributed by atoms with E-state index in [1.165, 1.54) is 31.1 Å². The number of hydrogen-bond donors (Lipinski definition) is 0. The van der Waals surface area contributed by atoms with Gasteiger partial charge >= 0.3 is 5.97 Å². The van der Waals surface area contributed by atoms with Gasteiger partial charge in [0.15, 0.2) is 0 Å². The highest BCUT2D eigenvalue weighted by Crippen LogP contribution is 2.09. The van der Waals surface area contributed by atoms with Crippen molar-refractivity contribution in [2.24, 2.45) is 0 Å². The van der Waals surface area contributed by atoms with Gasteiger partial charge in [0.05, 0.1) is 13.5 Å². The summed E-state index contributed by atoms with van der Waals surface area (Å²) >= 11 is 0. The van der Waals surface area contributed by atoms with E-state index in [0.717, 1.165) is 25.8 Å². The Kier molecular flexibility index (Phi) is 9.81. The molecule has 24 heavy (non-hydrogen) atoms. The number of aryl methyl sites for hydroxylation is 2. The van der Waals surface area contributed by atoms with E-state index in [-0.39, 0.29) is 18.3 Å². The van der Waals surface area contributed by atoms with E-state index in [4.69, 9.17) is 0 Å². The van der Waals surface area contributed by atoms with Crippen molar-refractivity contribution in [3.63, 3.8) is 0 Å². The first-order valence-corrected chi connectivity index (χ1v) is 8.97. The SMILES string of the molecule is CCCCCCN(CCC(=O)OC)C(=O)CCc1ccc(C)cc1. The molecule has 0 aliphatic carbocycles. The van der Waals surface area contributed by atoms with E-state index in [9.17, 15) is 9.59 Å². The second-order valence-electron chi connectivity index (χ2n) is 6.25. The number of carbonyl (C=O) groups is 2. The number of nitrogens with zero attached hydrogens (tertiary/aromatic N) is 1. The van der Waals surface area contributed by atoms with Crippen LogP contribution in [-0.2, 0) is 20.7 Å². The molecule has 0 unspecified atom stereocenters. The van der Waals surface area contributed by atoms with Crippen LogP contribution >= 0.6 is 0 Å². The van der Waals surface area contributed by atoms with E-state index in [0.29, 0.717) is 13.0 Å². The lowest BCUT2D eigenvalue weighted by Crippen LogP contribution is -2.34. The average Bonchev–Trinajstić information content (AvgIpc) is 2.60. The molecule has 1 amide bonds. The van der Waals surface area contributed by atoms with E-state index < -0.39 is 0 Å². The molecule has 1 rings (SSSR count). The minimum absolute atomic E-state index is 0.121. The quantitative estimate of drug-likeness (QED) is 0.456. The van der Waals surface area contributed by atoms with Crippen molar-refractivity contribution in [1.29, 1.82) is 0 Å². The zero-order valence-corrected chi connectivity index (χ0v) is 15.3. The number of methoxy groups -OCH3 is 1. The molecule has 134 valence electrons. The first-order chi connectivity index (χ1) is 11.6. The smallest absolute Gasteiger partial charge is 0.307 e. The van der Waals surface area contributed by atoms with Gasteiger partial charge in [-0.15, -0.1) is 0 Å². The summed E-state index contributed by atoms with van der Waals surface area (Å²) in [7, 11) is 1.38. The maximum atomic E-state index is 12.5. The number of hydrogen-bond acceptors (Lipinski definition) is 3. The van der Waals surface area contributed by atoms with Crippen LogP contribution in [0, 0.1) is 6.92 Å². The number of amides is 1. The molecule has 0 aliphatic heterocycles. The summed E-state index contributed by atoms with van der Waals surface area (Å²) in [5.74, 6) is -0.143. The maximum Gasteiger partial charge on any atom is 0.307 e. The maximum absolute atomic E-state index is 12.5. The van der Waals surface area contributed by atoms with E-state index in [2.05, 4.69) is 42.8 Å². The third kappa shape index (κ3) is 8.14. The Balaban J connectivity index is 2.50. The van der Waals surface area contributed by atoms with Crippen LogP contribution < -0.4 is 0 Å². The van der Waals surface area contributed by atoms with Gasteiger partial charge in [-0.05, 0) is 25.3 Å².